The number of rotatable bonds is 5. The van der Waals surface area contributed by atoms with E-state index in [1.54, 1.807) is 11.3 Å². The molecule has 0 bridgehead atoms. The van der Waals surface area contributed by atoms with Crippen LogP contribution in [0.25, 0.3) is 0 Å². The Morgan fingerprint density at radius 2 is 2.25 bits per heavy atom. The number of hydrogen-bond acceptors (Lipinski definition) is 3. The minimum Gasteiger partial charge on any atom is -0.368 e. The summed E-state index contributed by atoms with van der Waals surface area (Å²) in [4.78, 5) is 7.06. The van der Waals surface area contributed by atoms with Gasteiger partial charge in [0.05, 0.1) is 16.6 Å². The third-order valence-corrected chi connectivity index (χ3v) is 5.11. The van der Waals surface area contributed by atoms with Gasteiger partial charge in [0.1, 0.15) is 0 Å². The van der Waals surface area contributed by atoms with Gasteiger partial charge in [-0.3, -0.25) is 0 Å². The van der Waals surface area contributed by atoms with Crippen molar-refractivity contribution in [2.24, 2.45) is 0 Å². The molecule has 0 saturated heterocycles. The zero-order chi connectivity index (χ0) is 13.9. The van der Waals surface area contributed by atoms with Gasteiger partial charge in [0.15, 0.2) is 0 Å². The Balaban J connectivity index is 1.58. The predicted octanol–water partition coefficient (Wildman–Crippen LogP) is 4.27. The van der Waals surface area contributed by atoms with Gasteiger partial charge in [-0.2, -0.15) is 0 Å². The normalized spacial score (nSPS) is 17.5. The lowest BCUT2D eigenvalue weighted by Crippen LogP contribution is -2.30. The monoisotopic (exact) mass is 306 g/mol. The number of aryl methyl sites for hydroxylation is 1. The van der Waals surface area contributed by atoms with Gasteiger partial charge >= 0.3 is 0 Å². The first-order chi connectivity index (χ1) is 9.78. The molecule has 0 spiro atoms. The first-order valence-electron chi connectivity index (χ1n) is 7.11. The fourth-order valence-electron chi connectivity index (χ4n) is 2.90. The molecule has 1 aliphatic heterocycles. The van der Waals surface area contributed by atoms with Crippen LogP contribution in [0.3, 0.4) is 0 Å². The molecule has 0 aliphatic carbocycles. The van der Waals surface area contributed by atoms with Gasteiger partial charge < -0.3 is 4.90 Å². The van der Waals surface area contributed by atoms with Crippen molar-refractivity contribution in [2.45, 2.75) is 38.1 Å². The first-order valence-corrected chi connectivity index (χ1v) is 8.53. The molecule has 106 valence electrons. The Morgan fingerprint density at radius 3 is 3.05 bits per heavy atom. The molecule has 20 heavy (non-hydrogen) atoms. The highest BCUT2D eigenvalue weighted by Crippen LogP contribution is 2.31. The molecule has 2 nitrogen and oxygen atoms in total. The van der Waals surface area contributed by atoms with Crippen LogP contribution in [0.15, 0.2) is 29.6 Å². The van der Waals surface area contributed by atoms with E-state index >= 15 is 0 Å². The van der Waals surface area contributed by atoms with Crippen molar-refractivity contribution in [3.05, 3.63) is 45.9 Å². The van der Waals surface area contributed by atoms with Crippen molar-refractivity contribution in [3.63, 3.8) is 0 Å². The van der Waals surface area contributed by atoms with Gasteiger partial charge in [-0.05, 0) is 31.4 Å². The number of thiazole rings is 1. The van der Waals surface area contributed by atoms with Crippen molar-refractivity contribution in [3.8, 4) is 0 Å². The summed E-state index contributed by atoms with van der Waals surface area (Å²) >= 11 is 7.52. The van der Waals surface area contributed by atoms with Crippen LogP contribution in [0.4, 0.5) is 5.69 Å². The maximum Gasteiger partial charge on any atom is 0.0929 e. The number of halogens is 1. The first kappa shape index (κ1) is 13.9. The minimum atomic E-state index is 0.521. The van der Waals surface area contributed by atoms with E-state index in [-0.39, 0.29) is 0 Å². The molecule has 1 aromatic carbocycles. The molecule has 1 aliphatic rings. The van der Waals surface area contributed by atoms with Crippen LogP contribution in [-0.2, 0) is 18.7 Å². The predicted molar refractivity (Wildman–Crippen MR) is 86.9 cm³/mol. The number of nitrogens with zero attached hydrogens (tertiary/aromatic N) is 2. The molecule has 0 fully saturated rings. The van der Waals surface area contributed by atoms with Crippen LogP contribution in [0.2, 0.25) is 0 Å². The van der Waals surface area contributed by atoms with E-state index in [2.05, 4.69) is 46.5 Å². The summed E-state index contributed by atoms with van der Waals surface area (Å²) in [6.45, 7) is 3.42. The average molecular weight is 307 g/mol. The number of para-hydroxylation sites is 1. The third-order valence-electron chi connectivity index (χ3n) is 3.87. The van der Waals surface area contributed by atoms with Crippen LogP contribution >= 0.6 is 22.9 Å². The Hall–Kier alpha value is -1.06. The number of hydrogen-bond donors (Lipinski definition) is 0. The summed E-state index contributed by atoms with van der Waals surface area (Å²) in [6.07, 6.45) is 3.37. The molecule has 1 unspecified atom stereocenters. The molecule has 4 heteroatoms. The van der Waals surface area contributed by atoms with Crippen LogP contribution in [-0.4, -0.2) is 17.6 Å². The fraction of sp³-hybridized carbons (Fsp3) is 0.438. The molecule has 2 aromatic rings. The standard InChI is InChI=1S/C16H19ClN2S/c1-12-9-13-5-2-3-6-15(13)19(12)8-4-7-16-18-14(10-17)11-20-16/h2-3,5-6,11-12H,4,7-10H2,1H3. The van der Waals surface area contributed by atoms with E-state index in [9.17, 15) is 0 Å². The molecule has 2 heterocycles. The van der Waals surface area contributed by atoms with E-state index in [1.165, 1.54) is 22.7 Å². The van der Waals surface area contributed by atoms with Gasteiger partial charge in [0.2, 0.25) is 0 Å². The lowest BCUT2D eigenvalue weighted by molar-refractivity contribution is 0.646. The molecule has 0 radical (unpaired) electrons. The Labute approximate surface area is 129 Å². The zero-order valence-corrected chi connectivity index (χ0v) is 13.3. The summed E-state index contributed by atoms with van der Waals surface area (Å²) in [5.74, 6) is 0.521. The van der Waals surface area contributed by atoms with Gasteiger partial charge in [-0.15, -0.1) is 22.9 Å². The molecule has 0 saturated carbocycles. The lowest BCUT2D eigenvalue weighted by atomic mass is 10.1. The quantitative estimate of drug-likeness (QED) is 0.767. The second-order valence-electron chi connectivity index (χ2n) is 5.35. The topological polar surface area (TPSA) is 16.1 Å². The fourth-order valence-corrected chi connectivity index (χ4v) is 3.96. The molecule has 0 N–H and O–H groups in total. The lowest BCUT2D eigenvalue weighted by Gasteiger charge is -2.24. The van der Waals surface area contributed by atoms with Crippen LogP contribution in [0.1, 0.15) is 29.6 Å². The number of benzene rings is 1. The van der Waals surface area contributed by atoms with Crippen molar-refractivity contribution in [1.29, 1.82) is 0 Å². The highest BCUT2D eigenvalue weighted by molar-refractivity contribution is 7.09. The van der Waals surface area contributed by atoms with Crippen LogP contribution < -0.4 is 4.90 Å². The van der Waals surface area contributed by atoms with E-state index in [0.29, 0.717) is 11.9 Å². The Kier molecular flexibility index (Phi) is 4.27. The van der Waals surface area contributed by atoms with Crippen LogP contribution in [0, 0.1) is 0 Å². The van der Waals surface area contributed by atoms with Crippen molar-refractivity contribution < 1.29 is 0 Å². The van der Waals surface area contributed by atoms with E-state index in [4.69, 9.17) is 11.6 Å². The van der Waals surface area contributed by atoms with Crippen molar-refractivity contribution in [1.82, 2.24) is 4.98 Å². The highest BCUT2D eigenvalue weighted by Gasteiger charge is 2.24. The molecular weight excluding hydrogens is 288 g/mol. The summed E-state index contributed by atoms with van der Waals surface area (Å²) in [6, 6.07) is 9.38. The molecule has 3 rings (SSSR count). The highest BCUT2D eigenvalue weighted by atomic mass is 35.5. The molecule has 0 amide bonds. The largest absolute Gasteiger partial charge is 0.368 e. The summed E-state index contributed by atoms with van der Waals surface area (Å²) in [5, 5.41) is 3.27. The number of anilines is 1. The number of fused-ring (bicyclic) bond motifs is 1. The van der Waals surface area contributed by atoms with Crippen LogP contribution in [0.5, 0.6) is 0 Å². The van der Waals surface area contributed by atoms with Gasteiger partial charge in [0.25, 0.3) is 0 Å². The molecule has 1 atom stereocenters. The maximum absolute atomic E-state index is 5.79. The van der Waals surface area contributed by atoms with E-state index < -0.39 is 0 Å². The molecular formula is C16H19ClN2S. The number of alkyl halides is 1. The van der Waals surface area contributed by atoms with Gasteiger partial charge in [0, 0.05) is 30.1 Å². The molecule has 1 aromatic heterocycles. The van der Waals surface area contributed by atoms with E-state index in [0.717, 1.165) is 25.1 Å². The summed E-state index contributed by atoms with van der Waals surface area (Å²) in [7, 11) is 0. The minimum absolute atomic E-state index is 0.521. The Bertz CT molecular complexity index is 581. The second kappa shape index (κ2) is 6.15. The van der Waals surface area contributed by atoms with Gasteiger partial charge in [-0.25, -0.2) is 4.98 Å². The smallest absolute Gasteiger partial charge is 0.0929 e. The third kappa shape index (κ3) is 2.84. The summed E-state index contributed by atoms with van der Waals surface area (Å²) in [5.41, 5.74) is 3.91. The van der Waals surface area contributed by atoms with Crippen molar-refractivity contribution in [2.75, 3.05) is 11.4 Å². The summed E-state index contributed by atoms with van der Waals surface area (Å²) < 4.78 is 0. The number of aromatic nitrogens is 1. The Morgan fingerprint density at radius 1 is 1.40 bits per heavy atom. The second-order valence-corrected chi connectivity index (χ2v) is 6.55. The van der Waals surface area contributed by atoms with E-state index in [1.807, 2.05) is 0 Å². The SMILES string of the molecule is CC1Cc2ccccc2N1CCCc1nc(CCl)cs1. The maximum atomic E-state index is 5.79. The average Bonchev–Trinajstić information content (AvgIpc) is 3.04. The van der Waals surface area contributed by atoms with Gasteiger partial charge in [-0.1, -0.05) is 18.2 Å². The van der Waals surface area contributed by atoms with Crippen molar-refractivity contribution >= 4 is 28.6 Å². The zero-order valence-electron chi connectivity index (χ0n) is 11.7.